The van der Waals surface area contributed by atoms with E-state index < -0.39 is 0 Å². The van der Waals surface area contributed by atoms with E-state index >= 15 is 0 Å². The number of carbonyl (C=O) groups is 2. The molecule has 2 N–H and O–H groups in total. The summed E-state index contributed by atoms with van der Waals surface area (Å²) in [5.74, 6) is -0.279. The Morgan fingerprint density at radius 1 is 0.960 bits per heavy atom. The quantitative estimate of drug-likeness (QED) is 0.778. The molecule has 0 radical (unpaired) electrons. The molecule has 2 bridgehead atoms. The maximum Gasteiger partial charge on any atom is 0.243 e. The van der Waals surface area contributed by atoms with Gasteiger partial charge in [0.05, 0.1) is 6.04 Å². The number of benzene rings is 1. The van der Waals surface area contributed by atoms with Crippen LogP contribution in [0, 0.1) is 0 Å². The van der Waals surface area contributed by atoms with Gasteiger partial charge in [-0.05, 0) is 42.5 Å². The third kappa shape index (κ3) is 2.55. The number of nitrogens with zero attached hydrogens (tertiary/aromatic N) is 2. The van der Waals surface area contributed by atoms with E-state index in [1.54, 1.807) is 0 Å². The molecule has 0 aliphatic carbocycles. The van der Waals surface area contributed by atoms with Gasteiger partial charge in [-0.3, -0.25) is 19.8 Å². The van der Waals surface area contributed by atoms with Crippen molar-refractivity contribution in [3.8, 4) is 0 Å². The molecule has 2 amide bonds. The van der Waals surface area contributed by atoms with Gasteiger partial charge >= 0.3 is 0 Å². The highest BCUT2D eigenvalue weighted by molar-refractivity contribution is 6.00. The second kappa shape index (κ2) is 5.81. The molecule has 3 fully saturated rings. The third-order valence-electron chi connectivity index (χ3n) is 6.27. The molecule has 132 valence electrons. The van der Waals surface area contributed by atoms with Gasteiger partial charge in [0.15, 0.2) is 0 Å². The topological polar surface area (TPSA) is 64.7 Å². The average Bonchev–Trinajstić information content (AvgIpc) is 3.12. The highest BCUT2D eigenvalue weighted by Crippen LogP contribution is 2.36. The van der Waals surface area contributed by atoms with Crippen LogP contribution in [0.3, 0.4) is 0 Å². The van der Waals surface area contributed by atoms with Crippen LogP contribution in [-0.2, 0) is 22.7 Å². The standard InChI is InChI=1S/C19H24N4O2/c24-18-6-5-17(19(25)21-18)22-10-12-1-2-14(7-13(12)11-22)23-15-3-4-16(23)9-20-8-15/h1-2,7,15-17,20H,3-6,8-11H2,(H,21,24,25). The Kier molecular flexibility index (Phi) is 3.57. The van der Waals surface area contributed by atoms with E-state index in [9.17, 15) is 9.59 Å². The van der Waals surface area contributed by atoms with Gasteiger partial charge < -0.3 is 10.2 Å². The highest BCUT2D eigenvalue weighted by Gasteiger charge is 2.38. The molecule has 25 heavy (non-hydrogen) atoms. The van der Waals surface area contributed by atoms with Gasteiger partial charge in [0.25, 0.3) is 0 Å². The first-order chi connectivity index (χ1) is 12.2. The Hall–Kier alpha value is -1.92. The van der Waals surface area contributed by atoms with Crippen LogP contribution in [0.2, 0.25) is 0 Å². The third-order valence-corrected chi connectivity index (χ3v) is 6.27. The molecule has 0 saturated carbocycles. The number of rotatable bonds is 2. The maximum absolute atomic E-state index is 12.2. The number of imide groups is 1. The van der Waals surface area contributed by atoms with Crippen molar-refractivity contribution in [3.63, 3.8) is 0 Å². The summed E-state index contributed by atoms with van der Waals surface area (Å²) in [5, 5.41) is 6.02. The summed E-state index contributed by atoms with van der Waals surface area (Å²) in [4.78, 5) is 28.4. The molecule has 3 saturated heterocycles. The smallest absolute Gasteiger partial charge is 0.243 e. The zero-order chi connectivity index (χ0) is 17.0. The summed E-state index contributed by atoms with van der Waals surface area (Å²) in [7, 11) is 0. The van der Waals surface area contributed by atoms with Crippen LogP contribution in [0.4, 0.5) is 5.69 Å². The fourth-order valence-corrected chi connectivity index (χ4v) is 5.02. The van der Waals surface area contributed by atoms with E-state index in [0.29, 0.717) is 24.9 Å². The van der Waals surface area contributed by atoms with E-state index in [2.05, 4.69) is 38.6 Å². The van der Waals surface area contributed by atoms with Crippen LogP contribution in [0.1, 0.15) is 36.8 Å². The predicted octanol–water partition coefficient (Wildman–Crippen LogP) is 0.748. The van der Waals surface area contributed by atoms with Crippen molar-refractivity contribution < 1.29 is 9.59 Å². The van der Waals surface area contributed by atoms with Crippen LogP contribution < -0.4 is 15.5 Å². The molecule has 0 aromatic heterocycles. The first-order valence-electron chi connectivity index (χ1n) is 9.37. The number of carbonyl (C=O) groups excluding carboxylic acids is 2. The molecule has 4 heterocycles. The summed E-state index contributed by atoms with van der Waals surface area (Å²) < 4.78 is 0. The second-order valence-corrected chi connectivity index (χ2v) is 7.78. The van der Waals surface area contributed by atoms with E-state index in [0.717, 1.165) is 26.2 Å². The number of hydrogen-bond acceptors (Lipinski definition) is 5. The lowest BCUT2D eigenvalue weighted by atomic mass is 10.0. The van der Waals surface area contributed by atoms with Crippen molar-refractivity contribution in [2.24, 2.45) is 0 Å². The number of nitrogens with one attached hydrogen (secondary N) is 2. The van der Waals surface area contributed by atoms with Crippen molar-refractivity contribution in [1.82, 2.24) is 15.5 Å². The van der Waals surface area contributed by atoms with Crippen LogP contribution >= 0.6 is 0 Å². The van der Waals surface area contributed by atoms with Gasteiger partial charge in [0.2, 0.25) is 11.8 Å². The van der Waals surface area contributed by atoms with Crippen molar-refractivity contribution >= 4 is 17.5 Å². The molecule has 0 spiro atoms. The fourth-order valence-electron chi connectivity index (χ4n) is 5.02. The lowest BCUT2D eigenvalue weighted by Crippen LogP contribution is -2.52. The Balaban J connectivity index is 1.36. The molecule has 5 rings (SSSR count). The van der Waals surface area contributed by atoms with Crippen molar-refractivity contribution in [1.29, 1.82) is 0 Å². The molecule has 4 aliphatic heterocycles. The maximum atomic E-state index is 12.2. The summed E-state index contributed by atoms with van der Waals surface area (Å²) in [5.41, 5.74) is 3.98. The van der Waals surface area contributed by atoms with E-state index in [1.165, 1.54) is 29.7 Å². The summed E-state index contributed by atoms with van der Waals surface area (Å²) in [6.07, 6.45) is 3.63. The van der Waals surface area contributed by atoms with Crippen molar-refractivity contribution in [2.45, 2.75) is 56.9 Å². The molecule has 6 heteroatoms. The molecular formula is C19H24N4O2. The fraction of sp³-hybridized carbons (Fsp3) is 0.579. The Morgan fingerprint density at radius 3 is 2.48 bits per heavy atom. The zero-order valence-corrected chi connectivity index (χ0v) is 14.3. The van der Waals surface area contributed by atoms with Gasteiger partial charge in [-0.25, -0.2) is 0 Å². The minimum Gasteiger partial charge on any atom is -0.363 e. The number of hydrogen-bond donors (Lipinski definition) is 2. The Labute approximate surface area is 147 Å². The van der Waals surface area contributed by atoms with E-state index in [1.807, 2.05) is 0 Å². The molecular weight excluding hydrogens is 316 g/mol. The number of anilines is 1. The normalized spacial score (nSPS) is 32.0. The second-order valence-electron chi connectivity index (χ2n) is 7.78. The largest absolute Gasteiger partial charge is 0.363 e. The van der Waals surface area contributed by atoms with Gasteiger partial charge in [-0.2, -0.15) is 0 Å². The number of piperazine rings is 1. The lowest BCUT2D eigenvalue weighted by molar-refractivity contribution is -0.137. The van der Waals surface area contributed by atoms with Crippen molar-refractivity contribution in [3.05, 3.63) is 29.3 Å². The number of fused-ring (bicyclic) bond motifs is 3. The first kappa shape index (κ1) is 15.3. The van der Waals surface area contributed by atoms with E-state index in [4.69, 9.17) is 0 Å². The summed E-state index contributed by atoms with van der Waals surface area (Å²) in [6, 6.07) is 7.87. The van der Waals surface area contributed by atoms with Crippen molar-refractivity contribution in [2.75, 3.05) is 18.0 Å². The molecule has 1 aromatic rings. The Morgan fingerprint density at radius 2 is 1.72 bits per heavy atom. The lowest BCUT2D eigenvalue weighted by Gasteiger charge is -2.37. The molecule has 4 aliphatic rings. The molecule has 3 atom stereocenters. The van der Waals surface area contributed by atoms with Gasteiger partial charge in [0, 0.05) is 50.4 Å². The van der Waals surface area contributed by atoms with Crippen LogP contribution in [0.15, 0.2) is 18.2 Å². The number of piperidine rings is 1. The van der Waals surface area contributed by atoms with Crippen LogP contribution in [0.5, 0.6) is 0 Å². The van der Waals surface area contributed by atoms with Crippen LogP contribution in [-0.4, -0.2) is 47.9 Å². The predicted molar refractivity (Wildman–Crippen MR) is 94.0 cm³/mol. The summed E-state index contributed by atoms with van der Waals surface area (Å²) in [6.45, 7) is 3.76. The van der Waals surface area contributed by atoms with Gasteiger partial charge in [0.1, 0.15) is 0 Å². The monoisotopic (exact) mass is 340 g/mol. The minimum atomic E-state index is -0.177. The zero-order valence-electron chi connectivity index (χ0n) is 14.3. The average molecular weight is 340 g/mol. The highest BCUT2D eigenvalue weighted by atomic mass is 16.2. The van der Waals surface area contributed by atoms with Gasteiger partial charge in [-0.1, -0.05) is 6.07 Å². The number of amides is 2. The van der Waals surface area contributed by atoms with Crippen LogP contribution in [0.25, 0.3) is 0 Å². The molecule has 1 aromatic carbocycles. The first-order valence-corrected chi connectivity index (χ1v) is 9.37. The SMILES string of the molecule is O=C1CCC(N2Cc3ccc(N4C5CCC4CNC5)cc3C2)C(=O)N1. The summed E-state index contributed by atoms with van der Waals surface area (Å²) >= 11 is 0. The Bertz CT molecular complexity index is 718. The molecule has 3 unspecified atom stereocenters. The minimum absolute atomic E-state index is 0.135. The van der Waals surface area contributed by atoms with E-state index in [-0.39, 0.29) is 17.9 Å². The molecule has 6 nitrogen and oxygen atoms in total. The van der Waals surface area contributed by atoms with Gasteiger partial charge in [-0.15, -0.1) is 0 Å².